The average molecular weight is 464 g/mol. The van der Waals surface area contributed by atoms with E-state index in [4.69, 9.17) is 39.6 Å². The Labute approximate surface area is 190 Å². The van der Waals surface area contributed by atoms with E-state index in [9.17, 15) is 0 Å². The third kappa shape index (κ3) is 12.4. The van der Waals surface area contributed by atoms with E-state index in [1.807, 2.05) is 18.2 Å². The third-order valence-electron chi connectivity index (χ3n) is 4.03. The summed E-state index contributed by atoms with van der Waals surface area (Å²) in [6.07, 6.45) is 0. The molecule has 0 saturated carbocycles. The van der Waals surface area contributed by atoms with Gasteiger partial charge in [0.1, 0.15) is 0 Å². The number of anilines is 1. The molecule has 0 radical (unpaired) electrons. The van der Waals surface area contributed by atoms with E-state index < -0.39 is 23.9 Å². The van der Waals surface area contributed by atoms with Crippen LogP contribution in [0.5, 0.6) is 0 Å². The van der Waals surface area contributed by atoms with Crippen molar-refractivity contribution < 1.29 is 39.6 Å². The number of aliphatic carboxylic acids is 4. The van der Waals surface area contributed by atoms with Gasteiger partial charge < -0.3 is 30.6 Å². The fourth-order valence-electron chi connectivity index (χ4n) is 2.28. The molecule has 0 aliphatic heterocycles. The Bertz CT molecular complexity index is 870. The topological polar surface area (TPSA) is 190 Å². The van der Waals surface area contributed by atoms with Gasteiger partial charge in [0.2, 0.25) is 0 Å². The summed E-state index contributed by atoms with van der Waals surface area (Å²) in [6.45, 7) is 10.5. The highest BCUT2D eigenvalue weighted by Crippen LogP contribution is 2.19. The number of carboxylic acid groups (broad SMARTS) is 4. The van der Waals surface area contributed by atoms with Crippen molar-refractivity contribution in [2.45, 2.75) is 20.8 Å². The number of hydrogen-bond acceptors (Lipinski definition) is 8. The number of nitrogens with one attached hydrogen (secondary N) is 1. The maximum atomic E-state index is 9.10. The lowest BCUT2D eigenvalue weighted by atomic mass is 10.1. The third-order valence-corrected chi connectivity index (χ3v) is 4.03. The first-order valence-corrected chi connectivity index (χ1v) is 9.81. The molecule has 0 bridgehead atoms. The van der Waals surface area contributed by atoms with Crippen LogP contribution < -0.4 is 5.32 Å². The Morgan fingerprint density at radius 3 is 1.73 bits per heavy atom. The molecule has 0 atom stereocenters. The van der Waals surface area contributed by atoms with Crippen molar-refractivity contribution in [1.82, 2.24) is 15.1 Å². The van der Waals surface area contributed by atoms with Crippen molar-refractivity contribution in [2.24, 2.45) is 0 Å². The van der Waals surface area contributed by atoms with E-state index in [0.717, 1.165) is 48.8 Å². The Kier molecular flexibility index (Phi) is 13.8. The van der Waals surface area contributed by atoms with Gasteiger partial charge in [0.05, 0.1) is 5.69 Å². The molecule has 1 aromatic carbocycles. The minimum Gasteiger partial charge on any atom is -0.473 e. The summed E-state index contributed by atoms with van der Waals surface area (Å²) in [6, 6.07) is 12.2. The number of carbonyl (C=O) groups is 4. The molecule has 0 fully saturated rings. The van der Waals surface area contributed by atoms with Crippen LogP contribution in [0.25, 0.3) is 11.3 Å². The monoisotopic (exact) mass is 464 g/mol. The van der Waals surface area contributed by atoms with Crippen LogP contribution in [-0.4, -0.2) is 85.6 Å². The molecule has 0 aliphatic rings. The summed E-state index contributed by atoms with van der Waals surface area (Å²) in [4.78, 5) is 38.8. The molecule has 2 aromatic rings. The summed E-state index contributed by atoms with van der Waals surface area (Å²) >= 11 is 0. The van der Waals surface area contributed by atoms with Crippen LogP contribution in [0.3, 0.4) is 0 Å². The van der Waals surface area contributed by atoms with Crippen LogP contribution in [-0.2, 0) is 19.2 Å². The molecule has 0 saturated heterocycles. The van der Waals surface area contributed by atoms with Crippen LogP contribution in [0.4, 0.5) is 5.82 Å². The molecule has 1 heterocycles. The van der Waals surface area contributed by atoms with Crippen LogP contribution >= 0.6 is 0 Å². The van der Waals surface area contributed by atoms with E-state index in [-0.39, 0.29) is 0 Å². The molecule has 0 aliphatic carbocycles. The standard InChI is InChI=1S/C17H24N4.2C2H2O4/c1-4-21(5-2)12-11-18-17-14(3)13-16(19-20-17)15-9-7-6-8-10-15;2*3-1(4)2(5)6/h6-10,13H,4-5,11-12H2,1-3H3,(H,18,20);2*(H,3,4)(H,5,6). The van der Waals surface area contributed by atoms with Crippen molar-refractivity contribution in [1.29, 1.82) is 0 Å². The second-order valence-corrected chi connectivity index (χ2v) is 6.30. The van der Waals surface area contributed by atoms with Crippen LogP contribution in [0.15, 0.2) is 36.4 Å². The minimum absolute atomic E-state index is 0.877. The maximum absolute atomic E-state index is 9.10. The number of hydrogen-bond donors (Lipinski definition) is 5. The lowest BCUT2D eigenvalue weighted by Gasteiger charge is -2.18. The van der Waals surface area contributed by atoms with Crippen LogP contribution in [0.2, 0.25) is 0 Å². The SMILES string of the molecule is CCN(CC)CCNc1nnc(-c2ccccc2)cc1C.O=C(O)C(=O)O.O=C(O)C(=O)O. The summed E-state index contributed by atoms with van der Waals surface area (Å²) in [5.41, 5.74) is 3.15. The van der Waals surface area contributed by atoms with Crippen molar-refractivity contribution in [3.8, 4) is 11.3 Å². The normalized spacial score (nSPS) is 9.58. The number of likely N-dealkylation sites (N-methyl/N-ethyl adjacent to an activating group) is 1. The zero-order valence-corrected chi connectivity index (χ0v) is 18.6. The Balaban J connectivity index is 0.000000705. The van der Waals surface area contributed by atoms with Crippen LogP contribution in [0, 0.1) is 6.92 Å². The molecule has 33 heavy (non-hydrogen) atoms. The molecular weight excluding hydrogens is 436 g/mol. The first-order chi connectivity index (χ1) is 15.5. The molecule has 12 heteroatoms. The minimum atomic E-state index is -1.82. The number of nitrogens with zero attached hydrogens (tertiary/aromatic N) is 3. The maximum Gasteiger partial charge on any atom is 0.414 e. The number of aryl methyl sites for hydroxylation is 1. The molecule has 0 unspecified atom stereocenters. The second kappa shape index (κ2) is 15.7. The molecule has 12 nitrogen and oxygen atoms in total. The highest BCUT2D eigenvalue weighted by molar-refractivity contribution is 6.27. The van der Waals surface area contributed by atoms with Gasteiger partial charge in [-0.15, -0.1) is 10.2 Å². The highest BCUT2D eigenvalue weighted by atomic mass is 16.4. The van der Waals surface area contributed by atoms with E-state index >= 15 is 0 Å². The van der Waals surface area contributed by atoms with Crippen molar-refractivity contribution in [3.63, 3.8) is 0 Å². The van der Waals surface area contributed by atoms with E-state index in [1.54, 1.807) is 0 Å². The predicted octanol–water partition coefficient (Wildman–Crippen LogP) is 1.52. The van der Waals surface area contributed by atoms with Crippen LogP contribution in [0.1, 0.15) is 19.4 Å². The summed E-state index contributed by atoms with van der Waals surface area (Å²) in [5, 5.41) is 41.6. The smallest absolute Gasteiger partial charge is 0.414 e. The Morgan fingerprint density at radius 1 is 0.848 bits per heavy atom. The van der Waals surface area contributed by atoms with Gasteiger partial charge >= 0.3 is 23.9 Å². The highest BCUT2D eigenvalue weighted by Gasteiger charge is 2.06. The number of carboxylic acids is 4. The summed E-state index contributed by atoms with van der Waals surface area (Å²) < 4.78 is 0. The molecule has 5 N–H and O–H groups in total. The largest absolute Gasteiger partial charge is 0.473 e. The average Bonchev–Trinajstić information content (AvgIpc) is 2.79. The first kappa shape index (κ1) is 28.9. The fraction of sp³-hybridized carbons (Fsp3) is 0.333. The molecule has 180 valence electrons. The summed E-state index contributed by atoms with van der Waals surface area (Å²) in [7, 11) is 0. The first-order valence-electron chi connectivity index (χ1n) is 9.81. The number of benzene rings is 1. The van der Waals surface area contributed by atoms with Crippen molar-refractivity contribution in [2.75, 3.05) is 31.5 Å². The van der Waals surface area contributed by atoms with Gasteiger partial charge in [-0.25, -0.2) is 19.2 Å². The predicted molar refractivity (Wildman–Crippen MR) is 119 cm³/mol. The van der Waals surface area contributed by atoms with Gasteiger partial charge in [0, 0.05) is 18.7 Å². The molecule has 0 amide bonds. The lowest BCUT2D eigenvalue weighted by molar-refractivity contribution is -0.159. The molecule has 1 aromatic heterocycles. The van der Waals surface area contributed by atoms with Gasteiger partial charge in [-0.2, -0.15) is 0 Å². The lowest BCUT2D eigenvalue weighted by Crippen LogP contribution is -2.29. The quantitative estimate of drug-likeness (QED) is 0.372. The van der Waals surface area contributed by atoms with Gasteiger partial charge in [-0.1, -0.05) is 44.2 Å². The number of rotatable bonds is 7. The van der Waals surface area contributed by atoms with E-state index in [2.05, 4.69) is 59.4 Å². The van der Waals surface area contributed by atoms with Gasteiger partial charge in [-0.3, -0.25) is 0 Å². The van der Waals surface area contributed by atoms with Gasteiger partial charge in [0.25, 0.3) is 0 Å². The van der Waals surface area contributed by atoms with Gasteiger partial charge in [-0.05, 0) is 31.6 Å². The molecule has 2 rings (SSSR count). The summed E-state index contributed by atoms with van der Waals surface area (Å²) in [5.74, 6) is -6.42. The van der Waals surface area contributed by atoms with E-state index in [1.165, 1.54) is 0 Å². The van der Waals surface area contributed by atoms with E-state index in [0.29, 0.717) is 0 Å². The van der Waals surface area contributed by atoms with Crippen molar-refractivity contribution in [3.05, 3.63) is 42.0 Å². The zero-order chi connectivity index (χ0) is 25.4. The van der Waals surface area contributed by atoms with Crippen molar-refractivity contribution >= 4 is 29.7 Å². The van der Waals surface area contributed by atoms with Gasteiger partial charge in [0.15, 0.2) is 5.82 Å². The fourth-order valence-corrected chi connectivity index (χ4v) is 2.28. The molecular formula is C21H28N4O8. The second-order valence-electron chi connectivity index (χ2n) is 6.30. The number of aromatic nitrogens is 2. The zero-order valence-electron chi connectivity index (χ0n) is 18.6. The Morgan fingerprint density at radius 2 is 1.33 bits per heavy atom. The molecule has 0 spiro atoms. The Hall–Kier alpha value is -4.06.